The van der Waals surface area contributed by atoms with Crippen molar-refractivity contribution >= 4 is 17.4 Å². The molecule has 0 unspecified atom stereocenters. The molecule has 146 valence electrons. The van der Waals surface area contributed by atoms with E-state index in [1.54, 1.807) is 6.92 Å². The highest BCUT2D eigenvalue weighted by Gasteiger charge is 2.25. The van der Waals surface area contributed by atoms with Gasteiger partial charge in [0, 0.05) is 26.2 Å². The quantitative estimate of drug-likeness (QED) is 0.717. The lowest BCUT2D eigenvalue weighted by molar-refractivity contribution is -0.00517. The predicted octanol–water partition coefficient (Wildman–Crippen LogP) is 1.73. The number of hydrogen-bond acceptors (Lipinski definition) is 5. The average Bonchev–Trinajstić information content (AvgIpc) is 2.51. The molecular formula is C19H32N4O3. The number of morpholine rings is 1. The second kappa shape index (κ2) is 8.70. The van der Waals surface area contributed by atoms with Crippen LogP contribution in [0.5, 0.6) is 0 Å². The van der Waals surface area contributed by atoms with Crippen molar-refractivity contribution in [1.29, 1.82) is 0 Å². The second-order valence-corrected chi connectivity index (χ2v) is 7.72. The maximum atomic E-state index is 12.3. The van der Waals surface area contributed by atoms with Crippen LogP contribution in [0.2, 0.25) is 0 Å². The molecule has 26 heavy (non-hydrogen) atoms. The SMILES string of the molecule is C[C@@H]1CN(c2ccccc2NC(=O)NC[C@](C)(O)CN(C)C)C[C@H](C)O1. The van der Waals surface area contributed by atoms with Crippen LogP contribution < -0.4 is 15.5 Å². The zero-order chi connectivity index (χ0) is 19.3. The number of ether oxygens (including phenoxy) is 1. The van der Waals surface area contributed by atoms with Gasteiger partial charge in [-0.05, 0) is 47.0 Å². The van der Waals surface area contributed by atoms with E-state index in [-0.39, 0.29) is 24.8 Å². The minimum absolute atomic E-state index is 0.141. The smallest absolute Gasteiger partial charge is 0.319 e. The van der Waals surface area contributed by atoms with Crippen molar-refractivity contribution in [2.75, 3.05) is 50.5 Å². The summed E-state index contributed by atoms with van der Waals surface area (Å²) in [6, 6.07) is 7.42. The topological polar surface area (TPSA) is 77.1 Å². The van der Waals surface area contributed by atoms with Crippen LogP contribution in [0.1, 0.15) is 20.8 Å². The zero-order valence-electron chi connectivity index (χ0n) is 16.5. The number of anilines is 2. The molecule has 2 rings (SSSR count). The molecule has 1 aromatic rings. The van der Waals surface area contributed by atoms with Gasteiger partial charge in [-0.2, -0.15) is 0 Å². The molecule has 0 bridgehead atoms. The number of nitrogens with one attached hydrogen (secondary N) is 2. The molecule has 1 heterocycles. The maximum absolute atomic E-state index is 12.3. The van der Waals surface area contributed by atoms with Crippen molar-refractivity contribution in [3.8, 4) is 0 Å². The van der Waals surface area contributed by atoms with Crippen molar-refractivity contribution in [3.05, 3.63) is 24.3 Å². The molecule has 1 aromatic carbocycles. The average molecular weight is 364 g/mol. The van der Waals surface area contributed by atoms with Crippen LogP contribution in [0.25, 0.3) is 0 Å². The number of nitrogens with zero attached hydrogens (tertiary/aromatic N) is 2. The van der Waals surface area contributed by atoms with Crippen LogP contribution in [0.4, 0.5) is 16.2 Å². The molecule has 0 saturated carbocycles. The first kappa shape index (κ1) is 20.5. The van der Waals surface area contributed by atoms with Crippen LogP contribution in [0.15, 0.2) is 24.3 Å². The Kier molecular flexibility index (Phi) is 6.86. The Hall–Kier alpha value is -1.83. The molecule has 7 heteroatoms. The largest absolute Gasteiger partial charge is 0.387 e. The summed E-state index contributed by atoms with van der Waals surface area (Å²) in [7, 11) is 3.77. The lowest BCUT2D eigenvalue weighted by atomic mass is 10.1. The van der Waals surface area contributed by atoms with Crippen LogP contribution in [-0.2, 0) is 4.74 Å². The van der Waals surface area contributed by atoms with Crippen molar-refractivity contribution in [2.45, 2.75) is 38.6 Å². The van der Waals surface area contributed by atoms with E-state index in [1.807, 2.05) is 43.3 Å². The number of carbonyl (C=O) groups excluding carboxylic acids is 1. The molecule has 3 N–H and O–H groups in total. The Bertz CT molecular complexity index is 596. The number of rotatable bonds is 6. The summed E-state index contributed by atoms with van der Waals surface area (Å²) in [4.78, 5) is 16.4. The summed E-state index contributed by atoms with van der Waals surface area (Å²) < 4.78 is 5.79. The summed E-state index contributed by atoms with van der Waals surface area (Å²) in [5.74, 6) is 0. The summed E-state index contributed by atoms with van der Waals surface area (Å²) in [6.07, 6.45) is 0.281. The first-order chi connectivity index (χ1) is 12.2. The number of amides is 2. The standard InChI is InChI=1S/C19H32N4O3/c1-14-10-23(11-15(2)26-14)17-9-7-6-8-16(17)21-18(24)20-12-19(3,25)13-22(4)5/h6-9,14-15,25H,10-13H2,1-5H3,(H2,20,21,24)/t14-,15+,19-/m0/s1. The third-order valence-electron chi connectivity index (χ3n) is 4.20. The number of para-hydroxylation sites is 2. The van der Waals surface area contributed by atoms with Gasteiger partial charge in [0.15, 0.2) is 0 Å². The molecular weight excluding hydrogens is 332 g/mol. The summed E-state index contributed by atoms with van der Waals surface area (Å²) >= 11 is 0. The highest BCUT2D eigenvalue weighted by molar-refractivity contribution is 5.93. The van der Waals surface area contributed by atoms with Crippen molar-refractivity contribution in [2.24, 2.45) is 0 Å². The van der Waals surface area contributed by atoms with E-state index in [4.69, 9.17) is 4.74 Å². The van der Waals surface area contributed by atoms with Crippen LogP contribution in [0, 0.1) is 0 Å². The van der Waals surface area contributed by atoms with Gasteiger partial charge in [-0.25, -0.2) is 4.79 Å². The first-order valence-electron chi connectivity index (χ1n) is 9.08. The fourth-order valence-electron chi connectivity index (χ4n) is 3.40. The number of carbonyl (C=O) groups is 1. The number of aliphatic hydroxyl groups is 1. The molecule has 0 radical (unpaired) electrons. The molecule has 0 spiro atoms. The monoisotopic (exact) mass is 364 g/mol. The summed E-state index contributed by atoms with van der Waals surface area (Å²) in [6.45, 7) is 8.01. The maximum Gasteiger partial charge on any atom is 0.319 e. The van der Waals surface area contributed by atoms with Gasteiger partial charge < -0.3 is 30.3 Å². The Morgan fingerprint density at radius 2 is 1.92 bits per heavy atom. The minimum atomic E-state index is -0.991. The van der Waals surface area contributed by atoms with Gasteiger partial charge in [0.05, 0.1) is 29.2 Å². The van der Waals surface area contributed by atoms with Crippen LogP contribution >= 0.6 is 0 Å². The number of urea groups is 1. The van der Waals surface area contributed by atoms with Gasteiger partial charge in [0.2, 0.25) is 0 Å². The minimum Gasteiger partial charge on any atom is -0.387 e. The molecule has 1 fully saturated rings. The molecule has 1 saturated heterocycles. The van der Waals surface area contributed by atoms with E-state index in [0.29, 0.717) is 6.54 Å². The van der Waals surface area contributed by atoms with Crippen LogP contribution in [0.3, 0.4) is 0 Å². The molecule has 3 atom stereocenters. The second-order valence-electron chi connectivity index (χ2n) is 7.72. The van der Waals surface area contributed by atoms with Crippen molar-refractivity contribution in [1.82, 2.24) is 10.2 Å². The van der Waals surface area contributed by atoms with Gasteiger partial charge >= 0.3 is 6.03 Å². The third-order valence-corrected chi connectivity index (χ3v) is 4.20. The fraction of sp³-hybridized carbons (Fsp3) is 0.632. The summed E-state index contributed by atoms with van der Waals surface area (Å²) in [5.41, 5.74) is 0.735. The molecule has 1 aliphatic heterocycles. The molecule has 0 aromatic heterocycles. The van der Waals surface area contributed by atoms with Gasteiger partial charge in [-0.1, -0.05) is 12.1 Å². The number of benzene rings is 1. The molecule has 7 nitrogen and oxygen atoms in total. The Morgan fingerprint density at radius 3 is 2.54 bits per heavy atom. The predicted molar refractivity (Wildman–Crippen MR) is 105 cm³/mol. The van der Waals surface area contributed by atoms with Gasteiger partial charge in [0.25, 0.3) is 0 Å². The molecule has 2 amide bonds. The van der Waals surface area contributed by atoms with Gasteiger partial charge in [0.1, 0.15) is 0 Å². The lowest BCUT2D eigenvalue weighted by Gasteiger charge is -2.37. The highest BCUT2D eigenvalue weighted by atomic mass is 16.5. The molecule has 1 aliphatic rings. The van der Waals surface area contributed by atoms with Gasteiger partial charge in [-0.3, -0.25) is 0 Å². The van der Waals surface area contributed by atoms with Crippen LogP contribution in [-0.4, -0.2) is 74.1 Å². The Balaban J connectivity index is 2.00. The Morgan fingerprint density at radius 1 is 1.31 bits per heavy atom. The fourth-order valence-corrected chi connectivity index (χ4v) is 3.40. The van der Waals surface area contributed by atoms with E-state index in [1.165, 1.54) is 0 Å². The van der Waals surface area contributed by atoms with Gasteiger partial charge in [-0.15, -0.1) is 0 Å². The first-order valence-corrected chi connectivity index (χ1v) is 9.08. The van der Waals surface area contributed by atoms with Crippen molar-refractivity contribution < 1.29 is 14.6 Å². The number of hydrogen-bond donors (Lipinski definition) is 3. The Labute approximate surface area is 156 Å². The molecule has 0 aliphatic carbocycles. The lowest BCUT2D eigenvalue weighted by Crippen LogP contribution is -2.48. The van der Waals surface area contributed by atoms with Crippen molar-refractivity contribution in [3.63, 3.8) is 0 Å². The normalized spacial score (nSPS) is 22.8. The van der Waals surface area contributed by atoms with E-state index in [2.05, 4.69) is 29.4 Å². The van der Waals surface area contributed by atoms with E-state index < -0.39 is 5.60 Å². The van der Waals surface area contributed by atoms with E-state index in [9.17, 15) is 9.90 Å². The highest BCUT2D eigenvalue weighted by Crippen LogP contribution is 2.28. The third kappa shape index (κ3) is 6.16. The summed E-state index contributed by atoms with van der Waals surface area (Å²) in [5, 5.41) is 16.0. The van der Waals surface area contributed by atoms with E-state index >= 15 is 0 Å². The number of likely N-dealkylation sites (N-methyl/N-ethyl adjacent to an activating group) is 1. The zero-order valence-corrected chi connectivity index (χ0v) is 16.5. The van der Waals surface area contributed by atoms with E-state index in [0.717, 1.165) is 24.5 Å².